The van der Waals surface area contributed by atoms with Crippen molar-refractivity contribution in [1.82, 2.24) is 0 Å². The molecule has 0 spiro atoms. The summed E-state index contributed by atoms with van der Waals surface area (Å²) in [7, 11) is 0. The van der Waals surface area contributed by atoms with Gasteiger partial charge in [0.2, 0.25) is 0 Å². The molecule has 0 N–H and O–H groups in total. The number of hydrogen-bond acceptors (Lipinski definition) is 12. The fourth-order valence-corrected chi connectivity index (χ4v) is 14.4. The molecule has 20 heteroatoms. The van der Waals surface area contributed by atoms with Crippen LogP contribution < -0.4 is 233 Å². The summed E-state index contributed by atoms with van der Waals surface area (Å²) in [6.07, 6.45) is 0. The predicted molar refractivity (Wildman–Crippen MR) is 278 cm³/mol. The summed E-state index contributed by atoms with van der Waals surface area (Å²) in [5, 5.41) is 44.7. The smallest absolute Gasteiger partial charge is 0.587 e. The van der Waals surface area contributed by atoms with Crippen molar-refractivity contribution in [2.75, 3.05) is 0 Å². The minimum atomic E-state index is -0.769. The molecular formula is C58H16N6O8Rb4S2. The van der Waals surface area contributed by atoms with Gasteiger partial charge in [-0.3, -0.25) is 0 Å². The summed E-state index contributed by atoms with van der Waals surface area (Å²) < 4.78 is 0. The van der Waals surface area contributed by atoms with Crippen molar-refractivity contribution in [3.8, 4) is 42.8 Å². The first-order chi connectivity index (χ1) is 35.9. The minimum absolute atomic E-state index is 0. The minimum Gasteiger partial charge on any atom is -0.587 e. The molecule has 10 aromatic carbocycles. The Labute approximate surface area is 640 Å². The van der Waals surface area contributed by atoms with E-state index in [1.165, 1.54) is 34.8 Å². The molecule has 2 aromatic heterocycles. The van der Waals surface area contributed by atoms with Crippen molar-refractivity contribution in [2.24, 2.45) is 0 Å². The maximum Gasteiger partial charge on any atom is 1.00 e. The van der Waals surface area contributed by atoms with Crippen LogP contribution in [0.4, 0.5) is 0 Å². The summed E-state index contributed by atoms with van der Waals surface area (Å²) in [6.45, 7) is 0. The van der Waals surface area contributed by atoms with Gasteiger partial charge in [0.05, 0.1) is 70.5 Å². The normalized spacial score (nSPS) is 14.1. The van der Waals surface area contributed by atoms with Crippen molar-refractivity contribution in [2.45, 2.75) is 0 Å². The second kappa shape index (κ2) is 19.8. The number of rotatable bonds is 3. The molecule has 0 saturated heterocycles. The molecule has 4 aliphatic rings. The van der Waals surface area contributed by atoms with E-state index in [-0.39, 0.29) is 288 Å². The number of thiophene rings is 2. The molecule has 0 bridgehead atoms. The molecule has 0 atom stereocenters. The van der Waals surface area contributed by atoms with Crippen LogP contribution in [-0.2, 0) is 0 Å². The molecule has 12 aromatic rings. The Morgan fingerprint density at radius 3 is 0.859 bits per heavy atom. The van der Waals surface area contributed by atoms with Gasteiger partial charge in [0, 0.05) is 118 Å². The van der Waals surface area contributed by atoms with Crippen LogP contribution in [0.1, 0.15) is 94.0 Å². The Bertz CT molecular complexity index is 4770. The predicted octanol–water partition coefficient (Wildman–Crippen LogP) is 1.34. The van der Waals surface area contributed by atoms with Gasteiger partial charge in [0.25, 0.3) is 0 Å². The Morgan fingerprint density at radius 1 is 0.269 bits per heavy atom. The molecule has 4 aliphatic heterocycles. The van der Waals surface area contributed by atoms with Gasteiger partial charge in [-0.1, -0.05) is 48.5 Å². The van der Waals surface area contributed by atoms with Crippen LogP contribution in [0.25, 0.3) is 138 Å². The SMILES string of the molecule is N#Cc1cc2c3c(cc(-c4ccc(-c5ccc(-c6cc7c8c(cc(C#N)c9c%10ccc%11c%12c(ccc(c6c89)c%12%10)C(=O)[N-]C%11=O)C(=O)[N-]C7=O)s5)s4)c4c5ccc6c7c(ccc(c1c34)c75)C(=O)[N-]C6=O)C(=O)[N-]C2=O.[Rb+].[Rb+].[Rb+].[Rb+]. The second-order valence-corrected chi connectivity index (χ2v) is 20.6. The number of carbonyl (C=O) groups excluding carboxylic acids is 8. The number of imide groups is 4. The topological polar surface area (TPSA) is 241 Å². The van der Waals surface area contributed by atoms with E-state index in [2.05, 4.69) is 33.4 Å². The molecule has 0 saturated carbocycles. The zero-order chi connectivity index (χ0) is 50.1. The van der Waals surface area contributed by atoms with Gasteiger partial charge < -0.3 is 59.6 Å². The Kier molecular flexibility index (Phi) is 14.1. The number of nitrogens with zero attached hydrogens (tertiary/aromatic N) is 6. The van der Waals surface area contributed by atoms with Gasteiger partial charge in [-0.2, -0.15) is 10.5 Å². The average Bonchev–Trinajstić information content (AvgIpc) is 4.19. The van der Waals surface area contributed by atoms with Crippen LogP contribution in [-0.4, -0.2) is 47.3 Å². The summed E-state index contributed by atoms with van der Waals surface area (Å²) in [4.78, 5) is 111. The van der Waals surface area contributed by atoms with Crippen LogP contribution >= 0.6 is 22.7 Å². The molecular weight excluding hydrogens is 1310 g/mol. The van der Waals surface area contributed by atoms with E-state index >= 15 is 0 Å². The fourth-order valence-electron chi connectivity index (χ4n) is 12.2. The molecule has 0 unspecified atom stereocenters. The van der Waals surface area contributed by atoms with E-state index in [1.807, 2.05) is 24.3 Å². The largest absolute Gasteiger partial charge is 1.00 e. The fraction of sp³-hybridized carbons (Fsp3) is 0. The molecule has 0 aliphatic carbocycles. The molecule has 8 amide bonds. The zero-order valence-electron chi connectivity index (χ0n) is 41.0. The van der Waals surface area contributed by atoms with Crippen molar-refractivity contribution in [3.63, 3.8) is 0 Å². The molecule has 0 fully saturated rings. The number of carbonyl (C=O) groups is 8. The quantitative estimate of drug-likeness (QED) is 0.140. The van der Waals surface area contributed by atoms with Gasteiger partial charge in [-0.15, -0.1) is 22.7 Å². The maximum absolute atomic E-state index is 13.8. The van der Waals surface area contributed by atoms with Crippen LogP contribution in [0.3, 0.4) is 0 Å². The number of nitriles is 2. The Hall–Kier alpha value is -3.04. The summed E-state index contributed by atoms with van der Waals surface area (Å²) in [5.41, 5.74) is 2.96. The standard InChI is InChI=1S/C58H20N6O8S2.4Rb/c59-17-19-13-31-47-33(57(71)63-55(31)69)15-29(43-23-3-7-27-45-25(51(65)61-53(27)67)5-1-21(41(23)45)39(19)49(43)47)35-9-11-37(73-35)38-12-10-36(74-38)30-16-34-48-32(56(70)64-58(34)72)14-20(18-60)40-22-2-6-26-46-28(54(68)62-52(26)66)8-4-24(42(22)46)44(30)50(40)48;;;;/h1-16H,(H4,61,62,63,64,65,66,67,68,69,70,71,72);;;;/q;4*+1/p-4. The van der Waals surface area contributed by atoms with Crippen LogP contribution in [0.15, 0.2) is 97.1 Å². The Morgan fingerprint density at radius 2 is 0.538 bits per heavy atom. The van der Waals surface area contributed by atoms with Gasteiger partial charge in [-0.25, -0.2) is 0 Å². The van der Waals surface area contributed by atoms with Crippen molar-refractivity contribution in [1.29, 1.82) is 10.5 Å². The molecule has 78 heavy (non-hydrogen) atoms. The summed E-state index contributed by atoms with van der Waals surface area (Å²) in [5.74, 6) is -5.75. The van der Waals surface area contributed by atoms with E-state index in [0.29, 0.717) is 107 Å². The summed E-state index contributed by atoms with van der Waals surface area (Å²) in [6, 6.07) is 31.9. The van der Waals surface area contributed by atoms with Gasteiger partial charge in [-0.05, 0) is 91.6 Å². The first kappa shape index (κ1) is 55.5. The van der Waals surface area contributed by atoms with Gasteiger partial charge in [0.1, 0.15) is 0 Å². The van der Waals surface area contributed by atoms with Crippen molar-refractivity contribution < 1.29 is 271 Å². The summed E-state index contributed by atoms with van der Waals surface area (Å²) >= 11 is 2.82. The molecule has 0 radical (unpaired) electrons. The monoisotopic (exact) mass is 1330 g/mol. The van der Waals surface area contributed by atoms with E-state index in [0.717, 1.165) is 9.75 Å². The van der Waals surface area contributed by atoms with Crippen molar-refractivity contribution >= 4 is 156 Å². The zero-order valence-corrected chi connectivity index (χ0v) is 62.3. The third kappa shape index (κ3) is 7.33. The number of fused-ring (bicyclic) bond motifs is 4. The number of amides is 8. The molecule has 342 valence electrons. The van der Waals surface area contributed by atoms with Gasteiger partial charge in [0.15, 0.2) is 0 Å². The third-order valence-electron chi connectivity index (χ3n) is 15.1. The number of hydrogen-bond donors (Lipinski definition) is 0. The second-order valence-electron chi connectivity index (χ2n) is 18.5. The number of benzene rings is 10. The Balaban J connectivity index is 0.00000152. The van der Waals surface area contributed by atoms with Crippen molar-refractivity contribution in [3.05, 3.63) is 174 Å². The van der Waals surface area contributed by atoms with Crippen LogP contribution in [0.2, 0.25) is 0 Å². The average molecular weight is 1330 g/mol. The van der Waals surface area contributed by atoms with E-state index < -0.39 is 47.3 Å². The first-order valence-corrected chi connectivity index (χ1v) is 24.3. The molecule has 6 heterocycles. The van der Waals surface area contributed by atoms with E-state index in [1.54, 1.807) is 60.7 Å². The maximum atomic E-state index is 13.8. The van der Waals surface area contributed by atoms with Crippen LogP contribution in [0.5, 0.6) is 0 Å². The molecule has 14 nitrogen and oxygen atoms in total. The van der Waals surface area contributed by atoms with E-state index in [9.17, 15) is 48.9 Å². The third-order valence-corrected chi connectivity index (χ3v) is 17.5. The van der Waals surface area contributed by atoms with E-state index in [4.69, 9.17) is 0 Å². The van der Waals surface area contributed by atoms with Crippen LogP contribution in [0, 0.1) is 22.7 Å². The van der Waals surface area contributed by atoms with Gasteiger partial charge >= 0.3 is 233 Å². The molecule has 16 rings (SSSR count). The first-order valence-electron chi connectivity index (χ1n) is 22.7.